The van der Waals surface area contributed by atoms with Crippen LogP contribution in [0.2, 0.25) is 5.02 Å². The van der Waals surface area contributed by atoms with Crippen molar-refractivity contribution in [2.45, 2.75) is 20.8 Å². The minimum absolute atomic E-state index is 0.140. The molecule has 3 nitrogen and oxygen atoms in total. The van der Waals surface area contributed by atoms with Gasteiger partial charge in [0.15, 0.2) is 0 Å². The second-order valence-electron chi connectivity index (χ2n) is 6.51. The number of nitrogens with zero attached hydrogens (tertiary/aromatic N) is 2. The van der Waals surface area contributed by atoms with Gasteiger partial charge in [-0.3, -0.25) is 4.79 Å². The maximum Gasteiger partial charge on any atom is 0.254 e. The number of halogens is 1. The molecule has 1 heterocycles. The summed E-state index contributed by atoms with van der Waals surface area (Å²) in [5, 5.41) is 0.747. The summed E-state index contributed by atoms with van der Waals surface area (Å²) in [6, 6.07) is 12.0. The molecule has 0 atom stereocenters. The molecule has 126 valence electrons. The third-order valence-electron chi connectivity index (χ3n) is 4.81. The monoisotopic (exact) mass is 342 g/mol. The summed E-state index contributed by atoms with van der Waals surface area (Å²) in [7, 11) is 0. The van der Waals surface area contributed by atoms with Crippen molar-refractivity contribution in [3.8, 4) is 0 Å². The molecule has 0 N–H and O–H groups in total. The zero-order valence-corrected chi connectivity index (χ0v) is 15.2. The fraction of sp³-hybridized carbons (Fsp3) is 0.350. The maximum absolute atomic E-state index is 12.9. The number of carbonyl (C=O) groups is 1. The first-order chi connectivity index (χ1) is 11.5. The first-order valence-electron chi connectivity index (χ1n) is 8.33. The van der Waals surface area contributed by atoms with Crippen LogP contribution in [0, 0.1) is 20.8 Å². The highest BCUT2D eigenvalue weighted by atomic mass is 35.5. The van der Waals surface area contributed by atoms with E-state index in [2.05, 4.69) is 30.9 Å². The number of carbonyl (C=O) groups excluding carboxylic acids is 1. The number of aryl methyl sites for hydroxylation is 3. The summed E-state index contributed by atoms with van der Waals surface area (Å²) in [5.41, 5.74) is 5.41. The molecule has 1 amide bonds. The first-order valence-corrected chi connectivity index (χ1v) is 8.71. The topological polar surface area (TPSA) is 23.6 Å². The number of amides is 1. The lowest BCUT2D eigenvalue weighted by Gasteiger charge is -2.36. The van der Waals surface area contributed by atoms with Gasteiger partial charge in [-0.2, -0.15) is 0 Å². The van der Waals surface area contributed by atoms with Crippen LogP contribution < -0.4 is 4.90 Å². The van der Waals surface area contributed by atoms with E-state index in [1.165, 1.54) is 11.1 Å². The van der Waals surface area contributed by atoms with Gasteiger partial charge >= 0.3 is 0 Å². The van der Waals surface area contributed by atoms with Gasteiger partial charge < -0.3 is 9.80 Å². The van der Waals surface area contributed by atoms with E-state index in [1.54, 1.807) is 0 Å². The molecule has 0 unspecified atom stereocenters. The molecule has 2 aromatic rings. The van der Waals surface area contributed by atoms with Crippen LogP contribution in [0.4, 0.5) is 5.69 Å². The Labute approximate surface area is 148 Å². The molecule has 0 saturated carbocycles. The fourth-order valence-electron chi connectivity index (χ4n) is 3.20. The lowest BCUT2D eigenvalue weighted by atomic mass is 10.00. The number of rotatable bonds is 2. The Kier molecular flexibility index (Phi) is 4.81. The quantitative estimate of drug-likeness (QED) is 0.815. The first kappa shape index (κ1) is 16.8. The van der Waals surface area contributed by atoms with E-state index >= 15 is 0 Å². The molecule has 0 bridgehead atoms. The molecular weight excluding hydrogens is 320 g/mol. The van der Waals surface area contributed by atoms with E-state index < -0.39 is 0 Å². The number of hydrogen-bond donors (Lipinski definition) is 0. The molecule has 4 heteroatoms. The van der Waals surface area contributed by atoms with Gasteiger partial charge in [-0.25, -0.2) is 0 Å². The summed E-state index contributed by atoms with van der Waals surface area (Å²) in [6.45, 7) is 9.28. The molecule has 1 aliphatic heterocycles. The van der Waals surface area contributed by atoms with Crippen molar-refractivity contribution in [2.75, 3.05) is 31.1 Å². The zero-order valence-electron chi connectivity index (χ0n) is 14.5. The van der Waals surface area contributed by atoms with Crippen molar-refractivity contribution in [3.63, 3.8) is 0 Å². The van der Waals surface area contributed by atoms with Crippen LogP contribution in [0.25, 0.3) is 0 Å². The Bertz CT molecular complexity index is 764. The Morgan fingerprint density at radius 2 is 1.58 bits per heavy atom. The Hall–Kier alpha value is -2.00. The second-order valence-corrected chi connectivity index (χ2v) is 6.95. The molecule has 24 heavy (non-hydrogen) atoms. The smallest absolute Gasteiger partial charge is 0.254 e. The van der Waals surface area contributed by atoms with Crippen molar-refractivity contribution < 1.29 is 4.79 Å². The van der Waals surface area contributed by atoms with Gasteiger partial charge in [0, 0.05) is 42.5 Å². The number of anilines is 1. The van der Waals surface area contributed by atoms with E-state index in [1.807, 2.05) is 36.1 Å². The van der Waals surface area contributed by atoms with Gasteiger partial charge in [0.25, 0.3) is 5.91 Å². The third kappa shape index (κ3) is 3.41. The van der Waals surface area contributed by atoms with E-state index in [0.717, 1.165) is 48.0 Å². The predicted molar refractivity (Wildman–Crippen MR) is 100 cm³/mol. The maximum atomic E-state index is 12.9. The van der Waals surface area contributed by atoms with Crippen LogP contribution >= 0.6 is 11.6 Å². The summed E-state index contributed by atoms with van der Waals surface area (Å²) in [4.78, 5) is 17.1. The Morgan fingerprint density at radius 3 is 2.25 bits per heavy atom. The molecule has 1 saturated heterocycles. The average Bonchev–Trinajstić information content (AvgIpc) is 2.58. The fourth-order valence-corrected chi connectivity index (χ4v) is 3.39. The highest BCUT2D eigenvalue weighted by molar-refractivity contribution is 6.30. The molecule has 0 aromatic heterocycles. The van der Waals surface area contributed by atoms with Crippen molar-refractivity contribution >= 4 is 23.2 Å². The SMILES string of the molecule is Cc1cc(C)c(C(=O)N2CCN(c3cccc(Cl)c3)CC2)cc1C. The van der Waals surface area contributed by atoms with Crippen molar-refractivity contribution in [2.24, 2.45) is 0 Å². The number of benzene rings is 2. The minimum atomic E-state index is 0.140. The summed E-state index contributed by atoms with van der Waals surface area (Å²) >= 11 is 6.08. The van der Waals surface area contributed by atoms with Crippen LogP contribution in [0.1, 0.15) is 27.0 Å². The van der Waals surface area contributed by atoms with E-state index in [4.69, 9.17) is 11.6 Å². The van der Waals surface area contributed by atoms with Gasteiger partial charge in [-0.1, -0.05) is 23.7 Å². The van der Waals surface area contributed by atoms with E-state index in [9.17, 15) is 4.79 Å². The molecule has 0 radical (unpaired) electrons. The normalized spacial score (nSPS) is 14.8. The van der Waals surface area contributed by atoms with Gasteiger partial charge in [0.2, 0.25) is 0 Å². The molecule has 0 spiro atoms. The number of piperazine rings is 1. The van der Waals surface area contributed by atoms with E-state index in [0.29, 0.717) is 0 Å². The van der Waals surface area contributed by atoms with Crippen LogP contribution in [0.3, 0.4) is 0 Å². The van der Waals surface area contributed by atoms with Gasteiger partial charge in [0.1, 0.15) is 0 Å². The van der Waals surface area contributed by atoms with E-state index in [-0.39, 0.29) is 5.91 Å². The minimum Gasteiger partial charge on any atom is -0.368 e. The summed E-state index contributed by atoms with van der Waals surface area (Å²) < 4.78 is 0. The standard InChI is InChI=1S/C20H23ClN2O/c1-14-11-16(3)19(12-15(14)2)20(24)23-9-7-22(8-10-23)18-6-4-5-17(21)13-18/h4-6,11-13H,7-10H2,1-3H3. The summed E-state index contributed by atoms with van der Waals surface area (Å²) in [5.74, 6) is 0.140. The van der Waals surface area contributed by atoms with Crippen molar-refractivity contribution in [3.05, 3.63) is 63.7 Å². The molecule has 3 rings (SSSR count). The van der Waals surface area contributed by atoms with Gasteiger partial charge in [-0.15, -0.1) is 0 Å². The van der Waals surface area contributed by atoms with Gasteiger partial charge in [-0.05, 0) is 61.7 Å². The number of hydrogen-bond acceptors (Lipinski definition) is 2. The molecule has 1 fully saturated rings. The van der Waals surface area contributed by atoms with Crippen LogP contribution in [0.15, 0.2) is 36.4 Å². The zero-order chi connectivity index (χ0) is 17.3. The molecular formula is C20H23ClN2O. The molecule has 2 aromatic carbocycles. The van der Waals surface area contributed by atoms with Crippen LogP contribution in [-0.4, -0.2) is 37.0 Å². The Morgan fingerprint density at radius 1 is 0.917 bits per heavy atom. The summed E-state index contributed by atoms with van der Waals surface area (Å²) in [6.07, 6.45) is 0. The van der Waals surface area contributed by atoms with Gasteiger partial charge in [0.05, 0.1) is 0 Å². The highest BCUT2D eigenvalue weighted by Crippen LogP contribution is 2.22. The largest absolute Gasteiger partial charge is 0.368 e. The Balaban J connectivity index is 1.70. The van der Waals surface area contributed by atoms with Crippen LogP contribution in [0.5, 0.6) is 0 Å². The third-order valence-corrected chi connectivity index (χ3v) is 5.05. The van der Waals surface area contributed by atoms with Crippen molar-refractivity contribution in [1.29, 1.82) is 0 Å². The van der Waals surface area contributed by atoms with Crippen molar-refractivity contribution in [1.82, 2.24) is 4.90 Å². The lowest BCUT2D eigenvalue weighted by Crippen LogP contribution is -2.49. The lowest BCUT2D eigenvalue weighted by molar-refractivity contribution is 0.0746. The molecule has 0 aliphatic carbocycles. The average molecular weight is 343 g/mol. The van der Waals surface area contributed by atoms with Crippen LogP contribution in [-0.2, 0) is 0 Å². The highest BCUT2D eigenvalue weighted by Gasteiger charge is 2.23. The molecule has 1 aliphatic rings. The second kappa shape index (κ2) is 6.86. The predicted octanol–water partition coefficient (Wildman–Crippen LogP) is 4.23.